The van der Waals surface area contributed by atoms with Gasteiger partial charge in [-0.15, -0.1) is 0 Å². The van der Waals surface area contributed by atoms with Crippen LogP contribution in [0.1, 0.15) is 33.9 Å². The highest BCUT2D eigenvalue weighted by molar-refractivity contribution is 6.31. The maximum atomic E-state index is 12.9. The summed E-state index contributed by atoms with van der Waals surface area (Å²) in [7, 11) is 0. The summed E-state index contributed by atoms with van der Waals surface area (Å²) in [5, 5.41) is 3.78. The molecule has 3 aromatic carbocycles. The fourth-order valence-corrected chi connectivity index (χ4v) is 3.87. The highest BCUT2D eigenvalue weighted by Crippen LogP contribution is 2.29. The van der Waals surface area contributed by atoms with Gasteiger partial charge >= 0.3 is 0 Å². The summed E-state index contributed by atoms with van der Waals surface area (Å²) in [4.78, 5) is 20.9. The molecular formula is C27H24ClN3O2. The molecule has 0 fully saturated rings. The van der Waals surface area contributed by atoms with Crippen molar-refractivity contribution in [2.24, 2.45) is 0 Å². The fourth-order valence-electron chi connectivity index (χ4n) is 3.52. The molecule has 4 aromatic rings. The molecule has 0 aliphatic carbocycles. The minimum absolute atomic E-state index is 0.0874. The van der Waals surface area contributed by atoms with Gasteiger partial charge in [-0.2, -0.15) is 0 Å². The SMILES string of the molecule is Cc1ccc(C(NC(=O)Cc2ccc(OCc3cncnc3)cc2)c2ccccc2)c(Cl)c1. The van der Waals surface area contributed by atoms with Crippen molar-refractivity contribution in [3.05, 3.63) is 124 Å². The molecule has 1 N–H and O–H groups in total. The molecule has 0 saturated carbocycles. The zero-order chi connectivity index (χ0) is 23.0. The van der Waals surface area contributed by atoms with Gasteiger partial charge < -0.3 is 10.1 Å². The topological polar surface area (TPSA) is 64.1 Å². The Bertz CT molecular complexity index is 1200. The second-order valence-corrected chi connectivity index (χ2v) is 8.20. The van der Waals surface area contributed by atoms with Crippen molar-refractivity contribution in [3.8, 4) is 5.75 Å². The Morgan fingerprint density at radius 3 is 2.39 bits per heavy atom. The van der Waals surface area contributed by atoms with E-state index in [0.29, 0.717) is 11.6 Å². The van der Waals surface area contributed by atoms with E-state index in [1.54, 1.807) is 12.4 Å². The lowest BCUT2D eigenvalue weighted by atomic mass is 9.97. The van der Waals surface area contributed by atoms with E-state index in [9.17, 15) is 4.79 Å². The van der Waals surface area contributed by atoms with Crippen LogP contribution in [-0.4, -0.2) is 15.9 Å². The molecule has 1 amide bonds. The van der Waals surface area contributed by atoms with Crippen molar-refractivity contribution in [1.29, 1.82) is 0 Å². The molecule has 1 unspecified atom stereocenters. The van der Waals surface area contributed by atoms with E-state index in [1.807, 2.05) is 79.7 Å². The van der Waals surface area contributed by atoms with Gasteiger partial charge in [-0.25, -0.2) is 9.97 Å². The molecule has 0 bridgehead atoms. The molecule has 1 heterocycles. The monoisotopic (exact) mass is 457 g/mol. The second-order valence-electron chi connectivity index (χ2n) is 7.79. The normalized spacial score (nSPS) is 11.6. The van der Waals surface area contributed by atoms with Crippen LogP contribution in [0.4, 0.5) is 0 Å². The number of halogens is 1. The van der Waals surface area contributed by atoms with E-state index in [1.165, 1.54) is 6.33 Å². The van der Waals surface area contributed by atoms with E-state index < -0.39 is 0 Å². The molecule has 1 aromatic heterocycles. The lowest BCUT2D eigenvalue weighted by molar-refractivity contribution is -0.120. The Hall–Kier alpha value is -3.70. The van der Waals surface area contributed by atoms with Crippen LogP contribution in [0.2, 0.25) is 5.02 Å². The van der Waals surface area contributed by atoms with Crippen molar-refractivity contribution < 1.29 is 9.53 Å². The zero-order valence-electron chi connectivity index (χ0n) is 18.2. The van der Waals surface area contributed by atoms with Crippen LogP contribution in [0.5, 0.6) is 5.75 Å². The van der Waals surface area contributed by atoms with Crippen LogP contribution in [0, 0.1) is 6.92 Å². The van der Waals surface area contributed by atoms with Crippen LogP contribution in [0.15, 0.2) is 91.5 Å². The van der Waals surface area contributed by atoms with Crippen LogP contribution in [0.25, 0.3) is 0 Å². The first-order valence-electron chi connectivity index (χ1n) is 10.6. The second kappa shape index (κ2) is 10.7. The van der Waals surface area contributed by atoms with Crippen molar-refractivity contribution in [2.45, 2.75) is 26.0 Å². The Balaban J connectivity index is 1.43. The average Bonchev–Trinajstić information content (AvgIpc) is 2.84. The maximum absolute atomic E-state index is 12.9. The number of hydrogen-bond donors (Lipinski definition) is 1. The number of aromatic nitrogens is 2. The molecule has 0 radical (unpaired) electrons. The number of rotatable bonds is 8. The predicted molar refractivity (Wildman–Crippen MR) is 129 cm³/mol. The summed E-state index contributed by atoms with van der Waals surface area (Å²) >= 11 is 6.54. The van der Waals surface area contributed by atoms with Crippen LogP contribution < -0.4 is 10.1 Å². The third-order valence-electron chi connectivity index (χ3n) is 5.21. The summed E-state index contributed by atoms with van der Waals surface area (Å²) in [5.41, 5.74) is 4.71. The molecule has 0 aliphatic heterocycles. The molecule has 1 atom stereocenters. The van der Waals surface area contributed by atoms with Gasteiger partial charge in [-0.05, 0) is 47.4 Å². The lowest BCUT2D eigenvalue weighted by Crippen LogP contribution is -2.30. The van der Waals surface area contributed by atoms with Gasteiger partial charge in [0, 0.05) is 23.0 Å². The number of aryl methyl sites for hydroxylation is 1. The van der Waals surface area contributed by atoms with Gasteiger partial charge in [0.15, 0.2) is 0 Å². The quantitative estimate of drug-likeness (QED) is 0.381. The highest BCUT2D eigenvalue weighted by Gasteiger charge is 2.19. The zero-order valence-corrected chi connectivity index (χ0v) is 19.0. The van der Waals surface area contributed by atoms with E-state index in [0.717, 1.165) is 33.6 Å². The summed E-state index contributed by atoms with van der Waals surface area (Å²) in [5.74, 6) is 0.632. The molecule has 6 heteroatoms. The van der Waals surface area contributed by atoms with Crippen LogP contribution >= 0.6 is 11.6 Å². The van der Waals surface area contributed by atoms with Gasteiger partial charge in [0.25, 0.3) is 0 Å². The number of amides is 1. The molecule has 0 spiro atoms. The van der Waals surface area contributed by atoms with Gasteiger partial charge in [0.2, 0.25) is 5.91 Å². The molecule has 5 nitrogen and oxygen atoms in total. The Morgan fingerprint density at radius 1 is 0.970 bits per heavy atom. The van der Waals surface area contributed by atoms with Gasteiger partial charge in [-0.3, -0.25) is 4.79 Å². The Morgan fingerprint density at radius 2 is 1.70 bits per heavy atom. The predicted octanol–water partition coefficient (Wildman–Crippen LogP) is 5.47. The van der Waals surface area contributed by atoms with Gasteiger partial charge in [0.1, 0.15) is 18.7 Å². The number of hydrogen-bond acceptors (Lipinski definition) is 4. The van der Waals surface area contributed by atoms with Gasteiger partial charge in [0.05, 0.1) is 12.5 Å². The average molecular weight is 458 g/mol. The Kier molecular flexibility index (Phi) is 7.33. The van der Waals surface area contributed by atoms with Gasteiger partial charge in [-0.1, -0.05) is 66.2 Å². The van der Waals surface area contributed by atoms with E-state index in [2.05, 4.69) is 15.3 Å². The van der Waals surface area contributed by atoms with Crippen LogP contribution in [-0.2, 0) is 17.8 Å². The summed E-state index contributed by atoms with van der Waals surface area (Å²) in [6.07, 6.45) is 5.17. The fraction of sp³-hybridized carbons (Fsp3) is 0.148. The summed E-state index contributed by atoms with van der Waals surface area (Å²) in [6.45, 7) is 2.38. The first-order chi connectivity index (χ1) is 16.1. The number of benzene rings is 3. The van der Waals surface area contributed by atoms with E-state index in [-0.39, 0.29) is 18.4 Å². The smallest absolute Gasteiger partial charge is 0.225 e. The molecule has 0 aliphatic rings. The molecule has 0 saturated heterocycles. The molecule has 33 heavy (non-hydrogen) atoms. The van der Waals surface area contributed by atoms with Crippen LogP contribution in [0.3, 0.4) is 0 Å². The van der Waals surface area contributed by atoms with Crippen molar-refractivity contribution in [3.63, 3.8) is 0 Å². The first-order valence-corrected chi connectivity index (χ1v) is 11.0. The van der Waals surface area contributed by atoms with Crippen molar-refractivity contribution >= 4 is 17.5 Å². The minimum atomic E-state index is -0.331. The number of carbonyl (C=O) groups excluding carboxylic acids is 1. The highest BCUT2D eigenvalue weighted by atomic mass is 35.5. The number of nitrogens with one attached hydrogen (secondary N) is 1. The largest absolute Gasteiger partial charge is 0.489 e. The maximum Gasteiger partial charge on any atom is 0.225 e. The lowest BCUT2D eigenvalue weighted by Gasteiger charge is -2.21. The molecule has 4 rings (SSSR count). The number of ether oxygens (including phenoxy) is 1. The first kappa shape index (κ1) is 22.5. The Labute approximate surface area is 198 Å². The number of nitrogens with zero attached hydrogens (tertiary/aromatic N) is 2. The van der Waals surface area contributed by atoms with Crippen molar-refractivity contribution in [1.82, 2.24) is 15.3 Å². The van der Waals surface area contributed by atoms with E-state index >= 15 is 0 Å². The number of carbonyl (C=O) groups is 1. The summed E-state index contributed by atoms with van der Waals surface area (Å²) < 4.78 is 5.76. The minimum Gasteiger partial charge on any atom is -0.489 e. The molecular weight excluding hydrogens is 434 g/mol. The standard InChI is InChI=1S/C27H24ClN3O2/c1-19-7-12-24(25(28)13-19)27(22-5-3-2-4-6-22)31-26(32)14-20-8-10-23(11-9-20)33-17-21-15-29-18-30-16-21/h2-13,15-16,18,27H,14,17H2,1H3,(H,31,32). The third kappa shape index (κ3) is 6.18. The summed E-state index contributed by atoms with van der Waals surface area (Å²) in [6, 6.07) is 22.9. The third-order valence-corrected chi connectivity index (χ3v) is 5.54. The molecule has 166 valence electrons. The van der Waals surface area contributed by atoms with E-state index in [4.69, 9.17) is 16.3 Å². The van der Waals surface area contributed by atoms with Crippen molar-refractivity contribution in [2.75, 3.05) is 0 Å².